The first-order valence-electron chi connectivity index (χ1n) is 9.81. The second-order valence-electron chi connectivity index (χ2n) is 7.51. The highest BCUT2D eigenvalue weighted by Gasteiger charge is 2.37. The Bertz CT molecular complexity index is 791. The molecule has 1 N–H and O–H groups in total. The van der Waals surface area contributed by atoms with Crippen LogP contribution >= 0.6 is 0 Å². The van der Waals surface area contributed by atoms with Gasteiger partial charge in [0, 0.05) is 32.6 Å². The highest BCUT2D eigenvalue weighted by atomic mass is 16.3. The Morgan fingerprint density at radius 2 is 2.04 bits per heavy atom. The van der Waals surface area contributed by atoms with Crippen LogP contribution in [0.3, 0.4) is 0 Å². The molecule has 27 heavy (non-hydrogen) atoms. The fourth-order valence-electron chi connectivity index (χ4n) is 4.15. The van der Waals surface area contributed by atoms with Gasteiger partial charge in [0.15, 0.2) is 11.6 Å². The van der Waals surface area contributed by atoms with Crippen LogP contribution in [0.1, 0.15) is 49.4 Å². The third-order valence-corrected chi connectivity index (χ3v) is 5.51. The second-order valence-corrected chi connectivity index (χ2v) is 7.51. The number of rotatable bonds is 5. The van der Waals surface area contributed by atoms with E-state index in [1.807, 2.05) is 30.0 Å². The van der Waals surface area contributed by atoms with E-state index >= 15 is 0 Å². The van der Waals surface area contributed by atoms with Crippen LogP contribution in [0, 0.1) is 0 Å². The molecule has 0 saturated carbocycles. The minimum Gasteiger partial charge on any atom is -0.392 e. The molecule has 2 aliphatic rings. The number of amides is 1. The van der Waals surface area contributed by atoms with Gasteiger partial charge in [0.2, 0.25) is 5.91 Å². The molecule has 0 bridgehead atoms. The van der Waals surface area contributed by atoms with Crippen LogP contribution in [-0.4, -0.2) is 54.8 Å². The summed E-state index contributed by atoms with van der Waals surface area (Å²) in [7, 11) is 0. The Hall–Kier alpha value is -2.25. The van der Waals surface area contributed by atoms with Crippen molar-refractivity contribution in [1.29, 1.82) is 0 Å². The van der Waals surface area contributed by atoms with Gasteiger partial charge >= 0.3 is 0 Å². The summed E-state index contributed by atoms with van der Waals surface area (Å²) in [6.45, 7) is 5.40. The van der Waals surface area contributed by atoms with Crippen molar-refractivity contribution in [3.8, 4) is 0 Å². The molecule has 7 nitrogen and oxygen atoms in total. The zero-order valence-electron chi connectivity index (χ0n) is 15.8. The Balaban J connectivity index is 1.52. The maximum absolute atomic E-state index is 12.2. The van der Waals surface area contributed by atoms with Crippen LogP contribution in [0.2, 0.25) is 0 Å². The highest BCUT2D eigenvalue weighted by Crippen LogP contribution is 2.33. The first-order chi connectivity index (χ1) is 13.2. The summed E-state index contributed by atoms with van der Waals surface area (Å²) < 4.78 is 2.15. The van der Waals surface area contributed by atoms with Crippen molar-refractivity contribution in [3.63, 3.8) is 0 Å². The lowest BCUT2D eigenvalue weighted by atomic mass is 10.1. The van der Waals surface area contributed by atoms with Gasteiger partial charge in [0.25, 0.3) is 0 Å². The molecule has 1 fully saturated rings. The summed E-state index contributed by atoms with van der Waals surface area (Å²) >= 11 is 0. The van der Waals surface area contributed by atoms with E-state index in [0.717, 1.165) is 31.2 Å². The smallest absolute Gasteiger partial charge is 0.223 e. The molecule has 7 heteroatoms. The van der Waals surface area contributed by atoms with Crippen molar-refractivity contribution >= 4 is 5.91 Å². The Kier molecular flexibility index (Phi) is 5.22. The lowest BCUT2D eigenvalue weighted by molar-refractivity contribution is -0.132. The maximum atomic E-state index is 12.2. The molecule has 3 heterocycles. The van der Waals surface area contributed by atoms with Gasteiger partial charge in [0.1, 0.15) is 0 Å². The normalized spacial score (nSPS) is 22.8. The fraction of sp³-hybridized carbons (Fsp3) is 0.550. The van der Waals surface area contributed by atoms with Gasteiger partial charge in [-0.2, -0.15) is 0 Å². The molecule has 1 aromatic carbocycles. The molecule has 4 rings (SSSR count). The van der Waals surface area contributed by atoms with Gasteiger partial charge in [-0.25, -0.2) is 0 Å². The third kappa shape index (κ3) is 3.75. The number of β-amino-alcohol motifs (C(OH)–C–C–N with tert-alkyl or cyclic N) is 1. The zero-order valence-corrected chi connectivity index (χ0v) is 15.8. The summed E-state index contributed by atoms with van der Waals surface area (Å²) in [5.41, 5.74) is 1.23. The van der Waals surface area contributed by atoms with E-state index in [1.54, 1.807) is 0 Å². The summed E-state index contributed by atoms with van der Waals surface area (Å²) in [6.07, 6.45) is 1.77. The van der Waals surface area contributed by atoms with E-state index in [0.29, 0.717) is 32.5 Å². The Morgan fingerprint density at radius 1 is 1.22 bits per heavy atom. The van der Waals surface area contributed by atoms with Gasteiger partial charge in [-0.3, -0.25) is 9.69 Å². The highest BCUT2D eigenvalue weighted by molar-refractivity contribution is 5.76. The van der Waals surface area contributed by atoms with Crippen LogP contribution in [0.4, 0.5) is 0 Å². The predicted molar refractivity (Wildman–Crippen MR) is 101 cm³/mol. The topological polar surface area (TPSA) is 74.5 Å². The van der Waals surface area contributed by atoms with E-state index in [1.165, 1.54) is 5.56 Å². The standard InChI is InChI=1S/C20H27N5O2/c1-2-6-19(27)23-9-10-25-18(14-23)21-22-20(25)17-11-16(26)13-24(17)12-15-7-4-3-5-8-15/h3-5,7-8,16-17,26H,2,6,9-14H2,1H3/t16-,17+/m1/s1. The Labute approximate surface area is 159 Å². The number of carbonyl (C=O) groups excluding carboxylic acids is 1. The molecule has 0 radical (unpaired) electrons. The number of benzene rings is 1. The van der Waals surface area contributed by atoms with Crippen molar-refractivity contribution in [2.24, 2.45) is 0 Å². The van der Waals surface area contributed by atoms with Gasteiger partial charge < -0.3 is 14.6 Å². The minimum absolute atomic E-state index is 0.0550. The molecule has 2 atom stereocenters. The van der Waals surface area contributed by atoms with E-state index in [9.17, 15) is 9.90 Å². The van der Waals surface area contributed by atoms with Gasteiger partial charge in [-0.05, 0) is 18.4 Å². The van der Waals surface area contributed by atoms with Crippen LogP contribution < -0.4 is 0 Å². The molecule has 1 aromatic heterocycles. The van der Waals surface area contributed by atoms with Crippen molar-refractivity contribution in [1.82, 2.24) is 24.6 Å². The molecular weight excluding hydrogens is 342 g/mol. The molecule has 2 aliphatic heterocycles. The van der Waals surface area contributed by atoms with Gasteiger partial charge in [-0.1, -0.05) is 37.3 Å². The number of hydrogen-bond donors (Lipinski definition) is 1. The van der Waals surface area contributed by atoms with Crippen molar-refractivity contribution < 1.29 is 9.90 Å². The van der Waals surface area contributed by atoms with Gasteiger partial charge in [-0.15, -0.1) is 10.2 Å². The molecule has 0 unspecified atom stereocenters. The summed E-state index contributed by atoms with van der Waals surface area (Å²) in [6, 6.07) is 10.4. The quantitative estimate of drug-likeness (QED) is 0.869. The largest absolute Gasteiger partial charge is 0.392 e. The molecule has 144 valence electrons. The second kappa shape index (κ2) is 7.78. The van der Waals surface area contributed by atoms with Crippen LogP contribution in [0.25, 0.3) is 0 Å². The molecule has 1 saturated heterocycles. The molecule has 0 spiro atoms. The summed E-state index contributed by atoms with van der Waals surface area (Å²) in [5.74, 6) is 1.96. The lowest BCUT2D eigenvalue weighted by Gasteiger charge is -2.30. The minimum atomic E-state index is -0.349. The molecule has 0 aliphatic carbocycles. The SMILES string of the molecule is CCCC(=O)N1CCn2c(nnc2[C@@H]2C[C@@H](O)CN2Cc2ccccc2)C1. The van der Waals surface area contributed by atoms with E-state index in [4.69, 9.17) is 0 Å². The fourth-order valence-corrected chi connectivity index (χ4v) is 4.15. The number of fused-ring (bicyclic) bond motifs is 1. The number of carbonyl (C=O) groups is 1. The van der Waals surface area contributed by atoms with Crippen LogP contribution in [0.5, 0.6) is 0 Å². The van der Waals surface area contributed by atoms with Crippen molar-refractivity contribution in [2.45, 2.75) is 58.0 Å². The Morgan fingerprint density at radius 3 is 2.81 bits per heavy atom. The first-order valence-corrected chi connectivity index (χ1v) is 9.81. The molecule has 1 amide bonds. The molecule has 2 aromatic rings. The predicted octanol–water partition coefficient (Wildman–Crippen LogP) is 1.73. The molecular formula is C20H27N5O2. The van der Waals surface area contributed by atoms with Crippen molar-refractivity contribution in [2.75, 3.05) is 13.1 Å². The monoisotopic (exact) mass is 369 g/mol. The number of likely N-dealkylation sites (tertiary alicyclic amines) is 1. The zero-order chi connectivity index (χ0) is 18.8. The van der Waals surface area contributed by atoms with Gasteiger partial charge in [0.05, 0.1) is 18.7 Å². The van der Waals surface area contributed by atoms with E-state index in [-0.39, 0.29) is 18.1 Å². The average molecular weight is 369 g/mol. The number of hydrogen-bond acceptors (Lipinski definition) is 5. The number of aromatic nitrogens is 3. The third-order valence-electron chi connectivity index (χ3n) is 5.51. The van der Waals surface area contributed by atoms with E-state index in [2.05, 4.69) is 31.8 Å². The van der Waals surface area contributed by atoms with E-state index < -0.39 is 0 Å². The lowest BCUT2D eigenvalue weighted by Crippen LogP contribution is -2.39. The summed E-state index contributed by atoms with van der Waals surface area (Å²) in [4.78, 5) is 16.4. The number of aliphatic hydroxyl groups excluding tert-OH is 1. The van der Waals surface area contributed by atoms with Crippen LogP contribution in [0.15, 0.2) is 30.3 Å². The van der Waals surface area contributed by atoms with Crippen molar-refractivity contribution in [3.05, 3.63) is 47.5 Å². The number of nitrogens with zero attached hydrogens (tertiary/aromatic N) is 5. The van der Waals surface area contributed by atoms with Crippen LogP contribution in [-0.2, 0) is 24.4 Å². The maximum Gasteiger partial charge on any atom is 0.223 e. The average Bonchev–Trinajstić information content (AvgIpc) is 3.25. The summed E-state index contributed by atoms with van der Waals surface area (Å²) in [5, 5.41) is 19.1. The number of aliphatic hydroxyl groups is 1. The first kappa shape index (κ1) is 18.1.